The van der Waals surface area contributed by atoms with Crippen LogP contribution in [0.1, 0.15) is 39.9 Å². The maximum absolute atomic E-state index is 12.9. The predicted molar refractivity (Wildman–Crippen MR) is 131 cm³/mol. The van der Waals surface area contributed by atoms with Gasteiger partial charge in [0.1, 0.15) is 12.4 Å². The number of para-hydroxylation sites is 1. The lowest BCUT2D eigenvalue weighted by molar-refractivity contribution is -0.111. The fraction of sp³-hybridized carbons (Fsp3) is 0.214. The van der Waals surface area contributed by atoms with Gasteiger partial charge in [0.25, 0.3) is 5.91 Å². The molecule has 1 aliphatic heterocycles. The quantitative estimate of drug-likeness (QED) is 0.496. The van der Waals surface area contributed by atoms with Crippen molar-refractivity contribution in [2.45, 2.75) is 26.4 Å². The normalized spacial score (nSPS) is 13.3. The Balaban J connectivity index is 1.38. The third kappa shape index (κ3) is 5.89. The van der Waals surface area contributed by atoms with Crippen LogP contribution in [0.25, 0.3) is 6.08 Å². The number of anilines is 1. The van der Waals surface area contributed by atoms with E-state index in [4.69, 9.17) is 4.74 Å². The Morgan fingerprint density at radius 3 is 2.39 bits per heavy atom. The van der Waals surface area contributed by atoms with E-state index < -0.39 is 0 Å². The van der Waals surface area contributed by atoms with Crippen molar-refractivity contribution in [3.05, 3.63) is 101 Å². The van der Waals surface area contributed by atoms with Crippen LogP contribution in [0.4, 0.5) is 5.69 Å². The summed E-state index contributed by atoms with van der Waals surface area (Å²) < 4.78 is 5.80. The fourth-order valence-corrected chi connectivity index (χ4v) is 3.86. The van der Waals surface area contributed by atoms with Gasteiger partial charge in [-0.15, -0.1) is 0 Å². The van der Waals surface area contributed by atoms with E-state index in [1.54, 1.807) is 12.1 Å². The highest BCUT2D eigenvalue weighted by molar-refractivity contribution is 6.08. The number of aryl methyl sites for hydroxylation is 1. The molecule has 1 heterocycles. The first-order valence-corrected chi connectivity index (χ1v) is 11.2. The number of carbonyl (C=O) groups is 2. The summed E-state index contributed by atoms with van der Waals surface area (Å²) in [5.41, 5.74) is 3.97. The van der Waals surface area contributed by atoms with Crippen molar-refractivity contribution in [2.24, 2.45) is 0 Å². The van der Waals surface area contributed by atoms with Crippen molar-refractivity contribution in [1.82, 2.24) is 4.90 Å². The molecule has 0 saturated carbocycles. The second-order valence-corrected chi connectivity index (χ2v) is 8.16. The molecule has 3 aromatic carbocycles. The molecule has 5 heteroatoms. The van der Waals surface area contributed by atoms with Crippen molar-refractivity contribution < 1.29 is 14.3 Å². The van der Waals surface area contributed by atoms with E-state index in [2.05, 4.69) is 5.32 Å². The van der Waals surface area contributed by atoms with Crippen molar-refractivity contribution in [3.63, 3.8) is 0 Å². The summed E-state index contributed by atoms with van der Waals surface area (Å²) in [6.45, 7) is 3.94. The number of hydrogen-bond acceptors (Lipinski definition) is 3. The molecule has 0 aromatic heterocycles. The van der Waals surface area contributed by atoms with Crippen LogP contribution < -0.4 is 10.1 Å². The van der Waals surface area contributed by atoms with Gasteiger partial charge in [-0.1, -0.05) is 54.6 Å². The maximum Gasteiger partial charge on any atom is 0.255 e. The molecule has 1 N–H and O–H groups in total. The molecule has 168 valence electrons. The molecule has 2 amide bonds. The van der Waals surface area contributed by atoms with E-state index in [9.17, 15) is 9.59 Å². The molecule has 0 unspecified atom stereocenters. The number of rotatable bonds is 7. The van der Waals surface area contributed by atoms with Crippen molar-refractivity contribution >= 4 is 23.6 Å². The van der Waals surface area contributed by atoms with Gasteiger partial charge in [0.2, 0.25) is 5.91 Å². The maximum atomic E-state index is 12.9. The van der Waals surface area contributed by atoms with Crippen LogP contribution >= 0.6 is 0 Å². The molecule has 1 aliphatic rings. The molecular weight excluding hydrogens is 412 g/mol. The van der Waals surface area contributed by atoms with Crippen LogP contribution in [-0.2, 0) is 11.4 Å². The molecule has 33 heavy (non-hydrogen) atoms. The lowest BCUT2D eigenvalue weighted by Gasteiger charge is -2.19. The Morgan fingerprint density at radius 1 is 0.939 bits per heavy atom. The smallest absolute Gasteiger partial charge is 0.255 e. The fourth-order valence-electron chi connectivity index (χ4n) is 3.86. The van der Waals surface area contributed by atoms with Gasteiger partial charge in [0.15, 0.2) is 0 Å². The number of likely N-dealkylation sites (tertiary alicyclic amines) is 1. The average molecular weight is 441 g/mol. The SMILES string of the molecule is Cc1cccc(C(=O)N2CCCC2)c1NC(=O)/C=C/c1ccc(OCc2ccccc2)cc1. The summed E-state index contributed by atoms with van der Waals surface area (Å²) in [7, 11) is 0. The number of benzene rings is 3. The Labute approximate surface area is 194 Å². The standard InChI is InChI=1S/C28H28N2O3/c1-21-8-7-11-25(28(32)30-18-5-6-19-30)27(21)29-26(31)17-14-22-12-15-24(16-13-22)33-20-23-9-3-2-4-10-23/h2-4,7-17H,5-6,18-20H2,1H3,(H,29,31)/b17-14+. The van der Waals surface area contributed by atoms with Gasteiger partial charge >= 0.3 is 0 Å². The molecule has 3 aromatic rings. The zero-order chi connectivity index (χ0) is 23.0. The first-order chi connectivity index (χ1) is 16.1. The lowest BCUT2D eigenvalue weighted by Crippen LogP contribution is -2.29. The number of ether oxygens (including phenoxy) is 1. The van der Waals surface area contributed by atoms with Crippen LogP contribution in [0.2, 0.25) is 0 Å². The predicted octanol–water partition coefficient (Wildman–Crippen LogP) is 5.46. The molecule has 0 bridgehead atoms. The van der Waals surface area contributed by atoms with Gasteiger partial charge in [-0.2, -0.15) is 0 Å². The highest BCUT2D eigenvalue weighted by Crippen LogP contribution is 2.24. The van der Waals surface area contributed by atoms with E-state index in [1.165, 1.54) is 6.08 Å². The van der Waals surface area contributed by atoms with Crippen molar-refractivity contribution in [3.8, 4) is 5.75 Å². The number of hydrogen-bond donors (Lipinski definition) is 1. The third-order valence-electron chi connectivity index (χ3n) is 5.70. The van der Waals surface area contributed by atoms with Crippen LogP contribution in [0.15, 0.2) is 78.9 Å². The Bertz CT molecular complexity index is 1130. The van der Waals surface area contributed by atoms with Crippen molar-refractivity contribution in [2.75, 3.05) is 18.4 Å². The average Bonchev–Trinajstić information content (AvgIpc) is 3.39. The summed E-state index contributed by atoms with van der Waals surface area (Å²) in [5.74, 6) is 0.469. The van der Waals surface area contributed by atoms with Crippen LogP contribution in [0.5, 0.6) is 5.75 Å². The summed E-state index contributed by atoms with van der Waals surface area (Å²) in [5, 5.41) is 2.91. The summed E-state index contributed by atoms with van der Waals surface area (Å²) in [6.07, 6.45) is 5.28. The summed E-state index contributed by atoms with van der Waals surface area (Å²) in [4.78, 5) is 27.4. The molecule has 1 fully saturated rings. The van der Waals surface area contributed by atoms with E-state index >= 15 is 0 Å². The first-order valence-electron chi connectivity index (χ1n) is 11.2. The zero-order valence-electron chi connectivity index (χ0n) is 18.8. The molecule has 5 nitrogen and oxygen atoms in total. The summed E-state index contributed by atoms with van der Waals surface area (Å²) in [6, 6.07) is 23.1. The molecule has 1 saturated heterocycles. The van der Waals surface area contributed by atoms with Gasteiger partial charge in [-0.05, 0) is 60.7 Å². The lowest BCUT2D eigenvalue weighted by atomic mass is 10.1. The number of nitrogens with one attached hydrogen (secondary N) is 1. The van der Waals surface area contributed by atoms with E-state index in [0.29, 0.717) is 17.9 Å². The second-order valence-electron chi connectivity index (χ2n) is 8.16. The molecule has 0 aliphatic carbocycles. The minimum atomic E-state index is -0.274. The molecular formula is C28H28N2O3. The minimum absolute atomic E-state index is 0.0263. The Hall–Kier alpha value is -3.86. The third-order valence-corrected chi connectivity index (χ3v) is 5.70. The van der Waals surface area contributed by atoms with E-state index in [-0.39, 0.29) is 11.8 Å². The topological polar surface area (TPSA) is 58.6 Å². The number of amides is 2. The van der Waals surface area contributed by atoms with E-state index in [1.807, 2.05) is 78.6 Å². The highest BCUT2D eigenvalue weighted by Gasteiger charge is 2.23. The van der Waals surface area contributed by atoms with Gasteiger partial charge in [0, 0.05) is 19.2 Å². The minimum Gasteiger partial charge on any atom is -0.489 e. The van der Waals surface area contributed by atoms with Gasteiger partial charge < -0.3 is 15.0 Å². The van der Waals surface area contributed by atoms with E-state index in [0.717, 1.165) is 48.4 Å². The monoisotopic (exact) mass is 440 g/mol. The molecule has 4 rings (SSSR count). The number of carbonyl (C=O) groups excluding carboxylic acids is 2. The molecule has 0 spiro atoms. The Morgan fingerprint density at radius 2 is 1.67 bits per heavy atom. The highest BCUT2D eigenvalue weighted by atomic mass is 16.5. The van der Waals surface area contributed by atoms with Crippen LogP contribution in [0.3, 0.4) is 0 Å². The zero-order valence-corrected chi connectivity index (χ0v) is 18.8. The van der Waals surface area contributed by atoms with Gasteiger partial charge in [-0.25, -0.2) is 0 Å². The van der Waals surface area contributed by atoms with Gasteiger partial charge in [0.05, 0.1) is 11.3 Å². The first kappa shape index (κ1) is 22.3. The van der Waals surface area contributed by atoms with Gasteiger partial charge in [-0.3, -0.25) is 9.59 Å². The molecule has 0 atom stereocenters. The summed E-state index contributed by atoms with van der Waals surface area (Å²) >= 11 is 0. The number of nitrogens with zero attached hydrogens (tertiary/aromatic N) is 1. The second kappa shape index (κ2) is 10.6. The Kier molecular flexibility index (Phi) is 7.20. The largest absolute Gasteiger partial charge is 0.489 e. The van der Waals surface area contributed by atoms with Crippen LogP contribution in [-0.4, -0.2) is 29.8 Å². The van der Waals surface area contributed by atoms with Crippen molar-refractivity contribution in [1.29, 1.82) is 0 Å². The van der Waals surface area contributed by atoms with Crippen LogP contribution in [0, 0.1) is 6.92 Å². The molecule has 0 radical (unpaired) electrons.